The van der Waals surface area contributed by atoms with Gasteiger partial charge in [0.15, 0.2) is 0 Å². The fourth-order valence-corrected chi connectivity index (χ4v) is 4.50. The Bertz CT molecular complexity index is 1240. The largest absolute Gasteiger partial charge is 0.507 e. The van der Waals surface area contributed by atoms with Gasteiger partial charge >= 0.3 is 0 Å². The number of likely N-dealkylation sites (tertiary alicyclic amines) is 1. The first-order chi connectivity index (χ1) is 16.8. The second-order valence-electron chi connectivity index (χ2n) is 8.68. The molecule has 1 heterocycles. The molecule has 180 valence electrons. The number of hydrogen-bond donors (Lipinski definition) is 1. The summed E-state index contributed by atoms with van der Waals surface area (Å²) in [7, 11) is 0. The molecular weight excluding hydrogens is 443 g/mol. The number of aliphatic hydroxyl groups is 1. The van der Waals surface area contributed by atoms with E-state index in [-0.39, 0.29) is 23.7 Å². The maximum absolute atomic E-state index is 13.4. The van der Waals surface area contributed by atoms with Gasteiger partial charge in [-0.1, -0.05) is 54.1 Å². The smallest absolute Gasteiger partial charge is 0.295 e. The van der Waals surface area contributed by atoms with Crippen LogP contribution in [0.15, 0.2) is 78.4 Å². The highest BCUT2D eigenvalue weighted by molar-refractivity contribution is 6.46. The Balaban J connectivity index is 1.82. The first kappa shape index (κ1) is 24.2. The number of carbonyl (C=O) groups excluding carboxylic acids is 2. The molecule has 0 saturated carbocycles. The lowest BCUT2D eigenvalue weighted by Crippen LogP contribution is -2.29. The van der Waals surface area contributed by atoms with Crippen LogP contribution in [0.25, 0.3) is 5.76 Å². The van der Waals surface area contributed by atoms with E-state index >= 15 is 0 Å². The molecule has 1 N–H and O–H groups in total. The summed E-state index contributed by atoms with van der Waals surface area (Å²) in [6, 6.07) is 19.9. The van der Waals surface area contributed by atoms with Crippen molar-refractivity contribution >= 4 is 23.1 Å². The van der Waals surface area contributed by atoms with Gasteiger partial charge in [0.1, 0.15) is 11.6 Å². The lowest BCUT2D eigenvalue weighted by atomic mass is 9.94. The topological polar surface area (TPSA) is 60.9 Å². The van der Waals surface area contributed by atoms with E-state index in [1.54, 1.807) is 24.3 Å². The molecule has 3 aromatic carbocycles. The van der Waals surface area contributed by atoms with Gasteiger partial charge < -0.3 is 14.9 Å². The summed E-state index contributed by atoms with van der Waals surface area (Å²) >= 11 is 0. The molecule has 0 bridgehead atoms. The van der Waals surface area contributed by atoms with Crippen LogP contribution in [-0.2, 0) is 16.1 Å². The lowest BCUT2D eigenvalue weighted by Gasteiger charge is -2.27. The zero-order valence-electron chi connectivity index (χ0n) is 20.2. The van der Waals surface area contributed by atoms with Crippen molar-refractivity contribution in [1.82, 2.24) is 4.90 Å². The summed E-state index contributed by atoms with van der Waals surface area (Å²) in [6.45, 7) is 7.91. The van der Waals surface area contributed by atoms with Gasteiger partial charge in [0, 0.05) is 30.9 Å². The van der Waals surface area contributed by atoms with Crippen LogP contribution in [0.4, 0.5) is 10.1 Å². The Morgan fingerprint density at radius 1 is 0.914 bits per heavy atom. The summed E-state index contributed by atoms with van der Waals surface area (Å²) in [4.78, 5) is 30.0. The first-order valence-electron chi connectivity index (χ1n) is 11.8. The van der Waals surface area contributed by atoms with E-state index in [1.807, 2.05) is 43.3 Å². The number of amides is 1. The van der Waals surface area contributed by atoms with Gasteiger partial charge in [-0.25, -0.2) is 4.39 Å². The van der Waals surface area contributed by atoms with Crippen LogP contribution in [0, 0.1) is 12.7 Å². The molecular formula is C29H29FN2O3. The van der Waals surface area contributed by atoms with Crippen LogP contribution in [-0.4, -0.2) is 34.8 Å². The average Bonchev–Trinajstić information content (AvgIpc) is 3.11. The standard InChI is InChI=1S/C29H29FN2O3/c1-4-31(5-2)24-16-12-21(13-17-24)26-25(27(33)22-10-6-19(3)7-11-22)28(34)29(35)32(26)18-20-8-14-23(30)15-9-20/h6-17,26,33H,4-5,18H2,1-3H3/b27-25-. The highest BCUT2D eigenvalue weighted by Crippen LogP contribution is 2.40. The molecule has 1 amide bonds. The van der Waals surface area contributed by atoms with Gasteiger partial charge in [-0.15, -0.1) is 0 Å². The van der Waals surface area contributed by atoms with Crippen LogP contribution in [0.5, 0.6) is 0 Å². The Morgan fingerprint density at radius 3 is 2.09 bits per heavy atom. The van der Waals surface area contributed by atoms with Gasteiger partial charge in [-0.3, -0.25) is 9.59 Å². The molecule has 4 rings (SSSR count). The minimum atomic E-state index is -0.771. The molecule has 6 heteroatoms. The maximum atomic E-state index is 13.4. The molecule has 1 unspecified atom stereocenters. The molecule has 0 aromatic heterocycles. The molecule has 1 aliphatic rings. The van der Waals surface area contributed by atoms with Crippen molar-refractivity contribution in [2.75, 3.05) is 18.0 Å². The number of nitrogens with zero attached hydrogens (tertiary/aromatic N) is 2. The van der Waals surface area contributed by atoms with Crippen LogP contribution >= 0.6 is 0 Å². The SMILES string of the molecule is CCN(CC)c1ccc(C2/C(=C(/O)c3ccc(C)cc3)C(=O)C(=O)N2Cc2ccc(F)cc2)cc1. The van der Waals surface area contributed by atoms with E-state index in [4.69, 9.17) is 0 Å². The Morgan fingerprint density at radius 2 is 1.51 bits per heavy atom. The number of ketones is 1. The molecule has 1 aliphatic heterocycles. The molecule has 1 saturated heterocycles. The van der Waals surface area contributed by atoms with Crippen molar-refractivity contribution in [1.29, 1.82) is 0 Å². The van der Waals surface area contributed by atoms with E-state index < -0.39 is 17.7 Å². The highest BCUT2D eigenvalue weighted by Gasteiger charge is 2.46. The molecule has 0 aliphatic carbocycles. The normalized spacial score (nSPS) is 17.1. The van der Waals surface area contributed by atoms with Crippen LogP contribution in [0.3, 0.4) is 0 Å². The van der Waals surface area contributed by atoms with E-state index in [0.29, 0.717) is 11.1 Å². The number of aliphatic hydroxyl groups excluding tert-OH is 1. The van der Waals surface area contributed by atoms with E-state index in [2.05, 4.69) is 18.7 Å². The van der Waals surface area contributed by atoms with Gasteiger partial charge in [0.05, 0.1) is 11.6 Å². The molecule has 1 atom stereocenters. The number of hydrogen-bond acceptors (Lipinski definition) is 4. The summed E-state index contributed by atoms with van der Waals surface area (Å²) in [6.07, 6.45) is 0. The van der Waals surface area contributed by atoms with Crippen molar-refractivity contribution < 1.29 is 19.1 Å². The summed E-state index contributed by atoms with van der Waals surface area (Å²) in [5.41, 5.74) is 3.98. The average molecular weight is 473 g/mol. The predicted octanol–water partition coefficient (Wildman–Crippen LogP) is 5.60. The van der Waals surface area contributed by atoms with Crippen molar-refractivity contribution in [2.24, 2.45) is 0 Å². The van der Waals surface area contributed by atoms with Gasteiger partial charge in [-0.2, -0.15) is 0 Å². The minimum absolute atomic E-state index is 0.0524. The van der Waals surface area contributed by atoms with Gasteiger partial charge in [0.2, 0.25) is 0 Å². The molecule has 0 spiro atoms. The number of halogens is 1. The fourth-order valence-electron chi connectivity index (χ4n) is 4.50. The zero-order valence-corrected chi connectivity index (χ0v) is 20.2. The molecule has 35 heavy (non-hydrogen) atoms. The number of Topliss-reactive ketones (excluding diaryl/α,β-unsaturated/α-hetero) is 1. The molecule has 5 nitrogen and oxygen atoms in total. The second kappa shape index (κ2) is 10.1. The first-order valence-corrected chi connectivity index (χ1v) is 11.8. The summed E-state index contributed by atoms with van der Waals surface area (Å²) in [5.74, 6) is -2.01. The van der Waals surface area contributed by atoms with Gasteiger partial charge in [-0.05, 0) is 56.2 Å². The van der Waals surface area contributed by atoms with Crippen molar-refractivity contribution in [3.05, 3.63) is 106 Å². The maximum Gasteiger partial charge on any atom is 0.295 e. The minimum Gasteiger partial charge on any atom is -0.507 e. The third-order valence-corrected chi connectivity index (χ3v) is 6.47. The molecule has 0 radical (unpaired) electrons. The van der Waals surface area contributed by atoms with Crippen LogP contribution < -0.4 is 4.90 Å². The third kappa shape index (κ3) is 4.83. The number of rotatable bonds is 7. The molecule has 3 aromatic rings. The highest BCUT2D eigenvalue weighted by atomic mass is 19.1. The van der Waals surface area contributed by atoms with Crippen molar-refractivity contribution in [3.8, 4) is 0 Å². The Hall–Kier alpha value is -3.93. The fraction of sp³-hybridized carbons (Fsp3) is 0.241. The molecule has 1 fully saturated rings. The van der Waals surface area contributed by atoms with Crippen molar-refractivity contribution in [2.45, 2.75) is 33.4 Å². The Kier molecular flexibility index (Phi) is 7.01. The Labute approximate surface area is 205 Å². The van der Waals surface area contributed by atoms with Crippen molar-refractivity contribution in [3.63, 3.8) is 0 Å². The third-order valence-electron chi connectivity index (χ3n) is 6.47. The number of carbonyl (C=O) groups is 2. The number of anilines is 1. The van der Waals surface area contributed by atoms with Crippen LogP contribution in [0.1, 0.15) is 42.1 Å². The van der Waals surface area contributed by atoms with E-state index in [1.165, 1.54) is 17.0 Å². The second-order valence-corrected chi connectivity index (χ2v) is 8.68. The zero-order chi connectivity index (χ0) is 25.1. The van der Waals surface area contributed by atoms with Gasteiger partial charge in [0.25, 0.3) is 11.7 Å². The quantitative estimate of drug-likeness (QED) is 0.276. The predicted molar refractivity (Wildman–Crippen MR) is 135 cm³/mol. The summed E-state index contributed by atoms with van der Waals surface area (Å²) in [5, 5.41) is 11.2. The number of aryl methyl sites for hydroxylation is 1. The monoisotopic (exact) mass is 472 g/mol. The number of benzene rings is 3. The summed E-state index contributed by atoms with van der Waals surface area (Å²) < 4.78 is 13.4. The van der Waals surface area contributed by atoms with E-state index in [0.717, 1.165) is 29.9 Å². The van der Waals surface area contributed by atoms with Crippen LogP contribution in [0.2, 0.25) is 0 Å². The van der Waals surface area contributed by atoms with E-state index in [9.17, 15) is 19.1 Å². The lowest BCUT2D eigenvalue weighted by molar-refractivity contribution is -0.140.